The molecule has 17 heavy (non-hydrogen) atoms. The van der Waals surface area contributed by atoms with E-state index < -0.39 is 11.6 Å². The van der Waals surface area contributed by atoms with E-state index in [2.05, 4.69) is 15.9 Å². The van der Waals surface area contributed by atoms with Crippen LogP contribution in [-0.4, -0.2) is 26.3 Å². The third-order valence-electron chi connectivity index (χ3n) is 2.70. The molecule has 6 heteroatoms. The molecular weight excluding hydrogens is 407 g/mol. The average molecular weight is 418 g/mol. The van der Waals surface area contributed by atoms with Crippen LogP contribution in [0.5, 0.6) is 0 Å². The number of alkyl halides is 1. The molecule has 0 unspecified atom stereocenters. The molecule has 1 aliphatic heterocycles. The van der Waals surface area contributed by atoms with Gasteiger partial charge in [-0.3, -0.25) is 0 Å². The van der Waals surface area contributed by atoms with Crippen LogP contribution in [0, 0.1) is 15.2 Å². The third kappa shape index (κ3) is 2.73. The molecule has 0 bridgehead atoms. The lowest BCUT2D eigenvalue weighted by atomic mass is 10.1. The highest BCUT2D eigenvalue weighted by Gasteiger charge is 2.21. The van der Waals surface area contributed by atoms with Crippen molar-refractivity contribution in [3.8, 4) is 0 Å². The molecule has 0 N–H and O–H groups in total. The number of hydrogen-bond acceptors (Lipinski definition) is 2. The molecule has 0 aliphatic carbocycles. The summed E-state index contributed by atoms with van der Waals surface area (Å²) in [7, 11) is 0. The molecule has 1 fully saturated rings. The molecule has 1 aliphatic rings. The molecule has 1 heterocycles. The van der Waals surface area contributed by atoms with Gasteiger partial charge in [-0.05, 0) is 28.7 Å². The topological polar surface area (TPSA) is 12.5 Å². The number of halogens is 4. The zero-order valence-electron chi connectivity index (χ0n) is 8.98. The zero-order valence-corrected chi connectivity index (χ0v) is 12.7. The quantitative estimate of drug-likeness (QED) is 0.416. The lowest BCUT2D eigenvalue weighted by Crippen LogP contribution is -2.37. The first kappa shape index (κ1) is 13.5. The summed E-state index contributed by atoms with van der Waals surface area (Å²) >= 11 is 4.93. The summed E-state index contributed by atoms with van der Waals surface area (Å²) < 4.78 is 33.0. The van der Waals surface area contributed by atoms with Crippen molar-refractivity contribution in [3.05, 3.63) is 26.8 Å². The van der Waals surface area contributed by atoms with Crippen LogP contribution in [0.4, 0.5) is 14.5 Å². The molecule has 1 saturated heterocycles. The normalized spacial score (nSPS) is 16.4. The van der Waals surface area contributed by atoms with E-state index in [1.807, 2.05) is 4.90 Å². The van der Waals surface area contributed by atoms with E-state index in [0.717, 1.165) is 0 Å². The van der Waals surface area contributed by atoms with Crippen LogP contribution >= 0.6 is 38.5 Å². The Morgan fingerprint density at radius 3 is 2.53 bits per heavy atom. The molecule has 0 saturated carbocycles. The molecule has 2 nitrogen and oxygen atoms in total. The number of rotatable bonds is 2. The maximum absolute atomic E-state index is 14.0. The van der Waals surface area contributed by atoms with Crippen LogP contribution in [0.25, 0.3) is 0 Å². The van der Waals surface area contributed by atoms with Crippen LogP contribution < -0.4 is 4.90 Å². The fraction of sp³-hybridized carbons (Fsp3) is 0.455. The van der Waals surface area contributed by atoms with E-state index in [9.17, 15) is 8.78 Å². The minimum absolute atomic E-state index is 0.0565. The van der Waals surface area contributed by atoms with Crippen LogP contribution in [0.1, 0.15) is 5.56 Å². The van der Waals surface area contributed by atoms with Crippen LogP contribution in [0.2, 0.25) is 0 Å². The summed E-state index contributed by atoms with van der Waals surface area (Å²) in [6.45, 7) is 2.44. The number of morpholine rings is 1. The van der Waals surface area contributed by atoms with E-state index >= 15 is 0 Å². The van der Waals surface area contributed by atoms with Crippen molar-refractivity contribution in [3.63, 3.8) is 0 Å². The Kier molecular flexibility index (Phi) is 4.59. The molecule has 94 valence electrons. The van der Waals surface area contributed by atoms with Gasteiger partial charge in [-0.2, -0.15) is 0 Å². The monoisotopic (exact) mass is 417 g/mol. The van der Waals surface area contributed by atoms with Gasteiger partial charge in [0.15, 0.2) is 5.82 Å². The largest absolute Gasteiger partial charge is 0.378 e. The van der Waals surface area contributed by atoms with Crippen molar-refractivity contribution in [2.24, 2.45) is 0 Å². The van der Waals surface area contributed by atoms with Gasteiger partial charge >= 0.3 is 0 Å². The van der Waals surface area contributed by atoms with Crippen molar-refractivity contribution in [1.29, 1.82) is 0 Å². The first-order valence-electron chi connectivity index (χ1n) is 5.20. The molecule has 2 rings (SSSR count). The van der Waals surface area contributed by atoms with Gasteiger partial charge in [-0.1, -0.05) is 15.9 Å². The molecule has 0 spiro atoms. The smallest absolute Gasteiger partial charge is 0.162 e. The first-order chi connectivity index (χ1) is 8.15. The lowest BCUT2D eigenvalue weighted by Gasteiger charge is -2.29. The maximum atomic E-state index is 14.0. The van der Waals surface area contributed by atoms with Gasteiger partial charge in [0, 0.05) is 24.0 Å². The molecule has 0 amide bonds. The SMILES string of the molecule is Fc1c(CBr)cc(N2CCOCC2)c(F)c1I. The predicted molar refractivity (Wildman–Crippen MR) is 74.7 cm³/mol. The van der Waals surface area contributed by atoms with Crippen LogP contribution in [-0.2, 0) is 10.1 Å². The Balaban J connectivity index is 2.42. The number of benzene rings is 1. The van der Waals surface area contributed by atoms with E-state index in [-0.39, 0.29) is 3.57 Å². The van der Waals surface area contributed by atoms with Crippen LogP contribution in [0.3, 0.4) is 0 Å². The van der Waals surface area contributed by atoms with Crippen molar-refractivity contribution >= 4 is 44.2 Å². The Labute approximate surface area is 121 Å². The predicted octanol–water partition coefficient (Wildman–Crippen LogP) is 3.30. The number of nitrogens with zero attached hydrogens (tertiary/aromatic N) is 1. The summed E-state index contributed by atoms with van der Waals surface area (Å²) in [5, 5.41) is 0.381. The Morgan fingerprint density at radius 1 is 1.29 bits per heavy atom. The summed E-state index contributed by atoms with van der Waals surface area (Å²) in [5.41, 5.74) is 0.950. The maximum Gasteiger partial charge on any atom is 0.162 e. The van der Waals surface area contributed by atoms with E-state index in [0.29, 0.717) is 42.9 Å². The van der Waals surface area contributed by atoms with Gasteiger partial charge in [-0.25, -0.2) is 8.78 Å². The van der Waals surface area contributed by atoms with Gasteiger partial charge < -0.3 is 9.64 Å². The highest BCUT2D eigenvalue weighted by atomic mass is 127. The average Bonchev–Trinajstić information content (AvgIpc) is 2.37. The molecule has 1 aromatic carbocycles. The molecule has 0 aromatic heterocycles. The molecule has 0 atom stereocenters. The van der Waals surface area contributed by atoms with Crippen LogP contribution in [0.15, 0.2) is 6.07 Å². The second-order valence-electron chi connectivity index (χ2n) is 3.73. The number of ether oxygens (including phenoxy) is 1. The van der Waals surface area contributed by atoms with Crippen molar-refractivity contribution in [2.75, 3.05) is 31.2 Å². The second kappa shape index (κ2) is 5.79. The Hall–Kier alpha value is 0.0500. The van der Waals surface area contributed by atoms with Gasteiger partial charge in [-0.15, -0.1) is 0 Å². The summed E-state index contributed by atoms with van der Waals surface area (Å²) in [6.07, 6.45) is 0. The van der Waals surface area contributed by atoms with Crippen molar-refractivity contribution < 1.29 is 13.5 Å². The van der Waals surface area contributed by atoms with Gasteiger partial charge in [0.1, 0.15) is 5.82 Å². The van der Waals surface area contributed by atoms with Crippen molar-refractivity contribution in [2.45, 2.75) is 5.33 Å². The minimum Gasteiger partial charge on any atom is -0.378 e. The number of hydrogen-bond donors (Lipinski definition) is 0. The second-order valence-corrected chi connectivity index (χ2v) is 5.37. The summed E-state index contributed by atoms with van der Waals surface area (Å²) in [5.74, 6) is -0.952. The van der Waals surface area contributed by atoms with Gasteiger partial charge in [0.25, 0.3) is 0 Å². The van der Waals surface area contributed by atoms with Gasteiger partial charge in [0.05, 0.1) is 22.5 Å². The van der Waals surface area contributed by atoms with E-state index in [1.165, 1.54) is 0 Å². The summed E-state index contributed by atoms with van der Waals surface area (Å²) in [4.78, 5) is 1.90. The minimum atomic E-state index is -0.477. The lowest BCUT2D eigenvalue weighted by molar-refractivity contribution is 0.122. The molecule has 1 aromatic rings. The van der Waals surface area contributed by atoms with Gasteiger partial charge in [0.2, 0.25) is 0 Å². The fourth-order valence-corrected chi connectivity index (χ4v) is 2.80. The molecule has 0 radical (unpaired) electrons. The highest BCUT2D eigenvalue weighted by Crippen LogP contribution is 2.30. The van der Waals surface area contributed by atoms with Crippen molar-refractivity contribution in [1.82, 2.24) is 0 Å². The van der Waals surface area contributed by atoms with E-state index in [1.54, 1.807) is 28.7 Å². The number of anilines is 1. The zero-order chi connectivity index (χ0) is 12.4. The summed E-state index contributed by atoms with van der Waals surface area (Å²) in [6, 6.07) is 1.58. The molecular formula is C11H11BrF2INO. The third-order valence-corrected chi connectivity index (χ3v) is 4.25. The highest BCUT2D eigenvalue weighted by molar-refractivity contribution is 14.1. The Morgan fingerprint density at radius 2 is 1.94 bits per heavy atom. The standard InChI is InChI=1S/C11H11BrF2INO/c12-6-7-5-8(10(14)11(15)9(7)13)16-1-3-17-4-2-16/h5H,1-4,6H2. The van der Waals surface area contributed by atoms with E-state index in [4.69, 9.17) is 4.74 Å². The Bertz CT molecular complexity index is 424. The first-order valence-corrected chi connectivity index (χ1v) is 7.40. The fourth-order valence-electron chi connectivity index (χ4n) is 1.77.